The molecule has 1 rings (SSSR count). The Kier molecular flexibility index (Phi) is 3.60. The highest BCUT2D eigenvalue weighted by Crippen LogP contribution is 2.33. The van der Waals surface area contributed by atoms with Gasteiger partial charge in [-0.15, -0.1) is 0 Å². The molecule has 0 saturated heterocycles. The molecule has 0 spiro atoms. The summed E-state index contributed by atoms with van der Waals surface area (Å²) < 4.78 is 5.21. The van der Waals surface area contributed by atoms with E-state index in [1.807, 2.05) is 0 Å². The van der Waals surface area contributed by atoms with Crippen molar-refractivity contribution in [3.63, 3.8) is 0 Å². The van der Waals surface area contributed by atoms with Crippen LogP contribution in [0.2, 0.25) is 0 Å². The summed E-state index contributed by atoms with van der Waals surface area (Å²) in [7, 11) is 0. The van der Waals surface area contributed by atoms with Crippen molar-refractivity contribution in [3.05, 3.63) is 33.4 Å². The van der Waals surface area contributed by atoms with Gasteiger partial charge in [0, 0.05) is 6.07 Å². The lowest BCUT2D eigenvalue weighted by atomic mass is 10.0. The van der Waals surface area contributed by atoms with E-state index < -0.39 is 4.92 Å². The molecule has 5 heteroatoms. The monoisotopic (exact) mass is 223 g/mol. The third-order valence-corrected chi connectivity index (χ3v) is 2.18. The molecular formula is C11H13NO4. The lowest BCUT2D eigenvalue weighted by Gasteiger charge is -2.10. The summed E-state index contributed by atoms with van der Waals surface area (Å²) in [5.74, 6) is -0.162. The smallest absolute Gasteiger partial charge is 0.311 e. The topological polar surface area (TPSA) is 69.4 Å². The van der Waals surface area contributed by atoms with Crippen LogP contribution in [0.3, 0.4) is 0 Å². The van der Waals surface area contributed by atoms with Gasteiger partial charge >= 0.3 is 5.69 Å². The van der Waals surface area contributed by atoms with Crippen LogP contribution >= 0.6 is 0 Å². The second-order valence-electron chi connectivity index (χ2n) is 3.35. The summed E-state index contributed by atoms with van der Waals surface area (Å²) in [6, 6.07) is 2.91. The Hall–Kier alpha value is -1.91. The van der Waals surface area contributed by atoms with Gasteiger partial charge in [-0.25, -0.2) is 0 Å². The fourth-order valence-electron chi connectivity index (χ4n) is 1.54. The van der Waals surface area contributed by atoms with Crippen molar-refractivity contribution in [2.45, 2.75) is 20.8 Å². The number of aryl methyl sites for hydroxylation is 1. The largest absolute Gasteiger partial charge is 0.487 e. The Labute approximate surface area is 93.2 Å². The van der Waals surface area contributed by atoms with Crippen LogP contribution < -0.4 is 4.74 Å². The molecule has 0 radical (unpaired) electrons. The minimum atomic E-state index is -0.545. The van der Waals surface area contributed by atoms with Gasteiger partial charge in [0.2, 0.25) is 5.75 Å². The fraction of sp³-hybridized carbons (Fsp3) is 0.364. The number of nitro benzene ring substituents is 1. The van der Waals surface area contributed by atoms with Gasteiger partial charge in [-0.1, -0.05) is 6.07 Å². The van der Waals surface area contributed by atoms with E-state index >= 15 is 0 Å². The predicted molar refractivity (Wildman–Crippen MR) is 59.0 cm³/mol. The zero-order valence-corrected chi connectivity index (χ0v) is 9.44. The number of rotatable bonds is 4. The molecule has 0 bridgehead atoms. The molecule has 0 fully saturated rings. The maximum atomic E-state index is 11.4. The number of ketones is 1. The summed E-state index contributed by atoms with van der Waals surface area (Å²) in [6.45, 7) is 5.10. The highest BCUT2D eigenvalue weighted by molar-refractivity contribution is 5.99. The Morgan fingerprint density at radius 2 is 2.12 bits per heavy atom. The van der Waals surface area contributed by atoms with Gasteiger partial charge in [0.25, 0.3) is 0 Å². The first-order valence-corrected chi connectivity index (χ1v) is 4.90. The van der Waals surface area contributed by atoms with E-state index in [1.165, 1.54) is 13.0 Å². The van der Waals surface area contributed by atoms with Gasteiger partial charge in [0.05, 0.1) is 17.1 Å². The first-order valence-electron chi connectivity index (χ1n) is 4.90. The zero-order chi connectivity index (χ0) is 12.3. The summed E-state index contributed by atoms with van der Waals surface area (Å²) >= 11 is 0. The SMILES string of the molecule is CCOc1c([N+](=O)[O-])ccc(C)c1C(C)=O. The molecule has 0 heterocycles. The van der Waals surface area contributed by atoms with Crippen LogP contribution in [0.25, 0.3) is 0 Å². The maximum Gasteiger partial charge on any atom is 0.311 e. The van der Waals surface area contributed by atoms with Crippen molar-refractivity contribution in [2.75, 3.05) is 6.61 Å². The average Bonchev–Trinajstić information content (AvgIpc) is 2.17. The summed E-state index contributed by atoms with van der Waals surface area (Å²) in [4.78, 5) is 21.7. The number of nitrogens with zero attached hydrogens (tertiary/aromatic N) is 1. The van der Waals surface area contributed by atoms with Gasteiger partial charge in [-0.2, -0.15) is 0 Å². The third-order valence-electron chi connectivity index (χ3n) is 2.18. The minimum absolute atomic E-state index is 0.0694. The number of ether oxygens (including phenoxy) is 1. The third kappa shape index (κ3) is 2.18. The summed E-state index contributed by atoms with van der Waals surface area (Å²) in [6.07, 6.45) is 0. The molecule has 0 aromatic heterocycles. The van der Waals surface area contributed by atoms with Gasteiger partial charge in [0.1, 0.15) is 0 Å². The van der Waals surface area contributed by atoms with E-state index in [1.54, 1.807) is 19.9 Å². The standard InChI is InChI=1S/C11H13NO4/c1-4-16-11-9(12(14)15)6-5-7(2)10(11)8(3)13/h5-6H,4H2,1-3H3. The maximum absolute atomic E-state index is 11.4. The molecule has 16 heavy (non-hydrogen) atoms. The van der Waals surface area contributed by atoms with Crippen molar-refractivity contribution < 1.29 is 14.5 Å². The molecule has 5 nitrogen and oxygen atoms in total. The van der Waals surface area contributed by atoms with Crippen molar-refractivity contribution in [1.29, 1.82) is 0 Å². The van der Waals surface area contributed by atoms with Crippen LogP contribution in [0.4, 0.5) is 5.69 Å². The highest BCUT2D eigenvalue weighted by Gasteiger charge is 2.23. The van der Waals surface area contributed by atoms with E-state index in [2.05, 4.69) is 0 Å². The van der Waals surface area contributed by atoms with Crippen LogP contribution in [-0.4, -0.2) is 17.3 Å². The number of nitro groups is 1. The lowest BCUT2D eigenvalue weighted by Crippen LogP contribution is -2.06. The predicted octanol–water partition coefficient (Wildman–Crippen LogP) is 2.50. The summed E-state index contributed by atoms with van der Waals surface area (Å²) in [5, 5.41) is 10.8. The second kappa shape index (κ2) is 4.74. The van der Waals surface area contributed by atoms with E-state index in [0.29, 0.717) is 5.56 Å². The minimum Gasteiger partial charge on any atom is -0.487 e. The first-order chi connectivity index (χ1) is 7.49. The second-order valence-corrected chi connectivity index (χ2v) is 3.35. The van der Waals surface area contributed by atoms with Gasteiger partial charge in [-0.3, -0.25) is 14.9 Å². The quantitative estimate of drug-likeness (QED) is 0.446. The number of hydrogen-bond acceptors (Lipinski definition) is 4. The molecule has 0 aliphatic rings. The van der Waals surface area contributed by atoms with Gasteiger partial charge in [-0.05, 0) is 26.3 Å². The zero-order valence-electron chi connectivity index (χ0n) is 9.44. The molecule has 1 aromatic rings. The Morgan fingerprint density at radius 3 is 2.56 bits per heavy atom. The fourth-order valence-corrected chi connectivity index (χ4v) is 1.54. The number of Topliss-reactive ketones (excluding diaryl/α,β-unsaturated/α-hetero) is 1. The van der Waals surface area contributed by atoms with Crippen LogP contribution in [0.15, 0.2) is 12.1 Å². The Morgan fingerprint density at radius 1 is 1.50 bits per heavy atom. The first kappa shape index (κ1) is 12.2. The molecule has 0 aliphatic heterocycles. The van der Waals surface area contributed by atoms with Crippen LogP contribution in [-0.2, 0) is 0 Å². The molecule has 0 unspecified atom stereocenters. The molecule has 0 aliphatic carbocycles. The molecule has 86 valence electrons. The highest BCUT2D eigenvalue weighted by atomic mass is 16.6. The molecule has 0 atom stereocenters. The van der Waals surface area contributed by atoms with E-state index in [4.69, 9.17) is 4.74 Å². The number of carbonyl (C=O) groups is 1. The van der Waals surface area contributed by atoms with Gasteiger partial charge in [0.15, 0.2) is 5.78 Å². The van der Waals surface area contributed by atoms with Gasteiger partial charge < -0.3 is 4.74 Å². The molecular weight excluding hydrogens is 210 g/mol. The van der Waals surface area contributed by atoms with Crippen molar-refractivity contribution in [3.8, 4) is 5.75 Å². The average molecular weight is 223 g/mol. The van der Waals surface area contributed by atoms with Crippen molar-refractivity contribution in [2.24, 2.45) is 0 Å². The molecule has 1 aromatic carbocycles. The van der Waals surface area contributed by atoms with E-state index in [0.717, 1.165) is 0 Å². The lowest BCUT2D eigenvalue weighted by molar-refractivity contribution is -0.385. The Balaban J connectivity index is 3.49. The van der Waals surface area contributed by atoms with Crippen molar-refractivity contribution >= 4 is 11.5 Å². The molecule has 0 amide bonds. The van der Waals surface area contributed by atoms with Crippen LogP contribution in [0, 0.1) is 17.0 Å². The van der Waals surface area contributed by atoms with Crippen LogP contribution in [0.1, 0.15) is 29.8 Å². The van der Waals surface area contributed by atoms with Crippen molar-refractivity contribution in [1.82, 2.24) is 0 Å². The molecule has 0 N–H and O–H groups in total. The van der Waals surface area contributed by atoms with E-state index in [-0.39, 0.29) is 29.4 Å². The Bertz CT molecular complexity index is 440. The molecule has 0 saturated carbocycles. The van der Waals surface area contributed by atoms with E-state index in [9.17, 15) is 14.9 Å². The normalized spacial score (nSPS) is 9.94. The van der Waals surface area contributed by atoms with Crippen LogP contribution in [0.5, 0.6) is 5.75 Å². The number of benzene rings is 1. The number of hydrogen-bond donors (Lipinski definition) is 0. The summed E-state index contributed by atoms with van der Waals surface area (Å²) in [5.41, 5.74) is 0.801. The number of carbonyl (C=O) groups excluding carboxylic acids is 1.